The molecule has 3 N–H and O–H groups in total. The number of fused-ring (bicyclic) bond motifs is 1. The number of rotatable bonds is 1. The highest BCUT2D eigenvalue weighted by atomic mass is 16.3. The topological polar surface area (TPSA) is 71.5 Å². The molecule has 0 saturated heterocycles. The van der Waals surface area contributed by atoms with E-state index in [0.29, 0.717) is 11.2 Å². The van der Waals surface area contributed by atoms with Crippen molar-refractivity contribution in [2.24, 2.45) is 10.9 Å². The Morgan fingerprint density at radius 1 is 1.29 bits per heavy atom. The number of benzene rings is 1. The lowest BCUT2D eigenvalue weighted by atomic mass is 10.2. The average Bonchev–Trinajstić information content (AvgIpc) is 2.20. The van der Waals surface area contributed by atoms with Gasteiger partial charge in [-0.15, -0.1) is 0 Å². The Morgan fingerprint density at radius 3 is 2.93 bits per heavy atom. The lowest BCUT2D eigenvalue weighted by Gasteiger charge is -2.00. The summed E-state index contributed by atoms with van der Waals surface area (Å²) in [4.78, 5) is 4.19. The van der Waals surface area contributed by atoms with E-state index in [0.717, 1.165) is 5.39 Å². The zero-order chi connectivity index (χ0) is 9.97. The first-order valence-corrected chi connectivity index (χ1v) is 4.13. The summed E-state index contributed by atoms with van der Waals surface area (Å²) in [6, 6.07) is 8.90. The fourth-order valence-corrected chi connectivity index (χ4v) is 1.29. The third-order valence-electron chi connectivity index (χ3n) is 1.93. The van der Waals surface area contributed by atoms with Gasteiger partial charge in [-0.1, -0.05) is 18.2 Å². The van der Waals surface area contributed by atoms with Crippen LogP contribution in [0, 0.1) is 0 Å². The first-order valence-electron chi connectivity index (χ1n) is 4.13. The van der Waals surface area contributed by atoms with Gasteiger partial charge in [0.2, 0.25) is 0 Å². The third kappa shape index (κ3) is 1.37. The largest absolute Gasteiger partial charge is 0.506 e. The maximum atomic E-state index is 9.53. The predicted molar refractivity (Wildman–Crippen MR) is 55.2 cm³/mol. The standard InChI is InChI=1S/C10H9N3O/c11-12-6-8-5-4-7-2-1-3-9(14)10(7)13-8/h1-6,14H,11H2. The Morgan fingerprint density at radius 2 is 2.14 bits per heavy atom. The van der Waals surface area contributed by atoms with Crippen molar-refractivity contribution in [3.05, 3.63) is 36.0 Å². The molecule has 0 bridgehead atoms. The van der Waals surface area contributed by atoms with Gasteiger partial charge >= 0.3 is 0 Å². The second-order valence-electron chi connectivity index (χ2n) is 2.86. The van der Waals surface area contributed by atoms with Crippen LogP contribution < -0.4 is 5.84 Å². The zero-order valence-electron chi connectivity index (χ0n) is 7.38. The number of phenolic OH excluding ortho intramolecular Hbond substituents is 1. The van der Waals surface area contributed by atoms with E-state index in [9.17, 15) is 5.11 Å². The molecule has 4 heteroatoms. The molecule has 0 atom stereocenters. The molecule has 1 heterocycles. The molecule has 0 aliphatic carbocycles. The lowest BCUT2D eigenvalue weighted by molar-refractivity contribution is 0.480. The first-order chi connectivity index (χ1) is 6.81. The second kappa shape index (κ2) is 3.33. The number of hydrogen-bond acceptors (Lipinski definition) is 4. The van der Waals surface area contributed by atoms with Gasteiger partial charge in [0.05, 0.1) is 11.9 Å². The molecule has 1 aromatic heterocycles. The minimum Gasteiger partial charge on any atom is -0.506 e. The van der Waals surface area contributed by atoms with Gasteiger partial charge in [-0.2, -0.15) is 5.10 Å². The summed E-state index contributed by atoms with van der Waals surface area (Å²) in [6.07, 6.45) is 1.44. The van der Waals surface area contributed by atoms with E-state index in [1.807, 2.05) is 12.1 Å². The van der Waals surface area contributed by atoms with Gasteiger partial charge in [0.25, 0.3) is 0 Å². The molecule has 70 valence electrons. The van der Waals surface area contributed by atoms with Crippen LogP contribution in [0.5, 0.6) is 5.75 Å². The smallest absolute Gasteiger partial charge is 0.141 e. The van der Waals surface area contributed by atoms with Crippen LogP contribution in [0.1, 0.15) is 5.69 Å². The van der Waals surface area contributed by atoms with Crippen molar-refractivity contribution in [3.63, 3.8) is 0 Å². The molecule has 2 aromatic rings. The van der Waals surface area contributed by atoms with E-state index < -0.39 is 0 Å². The molecule has 0 aliphatic heterocycles. The Bertz CT molecular complexity index is 494. The Balaban J connectivity index is 2.69. The van der Waals surface area contributed by atoms with Gasteiger partial charge < -0.3 is 10.9 Å². The molecule has 0 unspecified atom stereocenters. The summed E-state index contributed by atoms with van der Waals surface area (Å²) < 4.78 is 0. The van der Waals surface area contributed by atoms with E-state index >= 15 is 0 Å². The Hall–Kier alpha value is -2.10. The maximum absolute atomic E-state index is 9.53. The third-order valence-corrected chi connectivity index (χ3v) is 1.93. The number of para-hydroxylation sites is 1. The number of aromatic nitrogens is 1. The van der Waals surface area contributed by atoms with Gasteiger partial charge in [0.1, 0.15) is 11.3 Å². The fraction of sp³-hybridized carbons (Fsp3) is 0. The first kappa shape index (κ1) is 8.50. The van der Waals surface area contributed by atoms with Gasteiger partial charge in [-0.05, 0) is 12.1 Å². The summed E-state index contributed by atoms with van der Waals surface area (Å²) in [6.45, 7) is 0. The van der Waals surface area contributed by atoms with Crippen LogP contribution in [0.15, 0.2) is 35.4 Å². The molecule has 0 aliphatic rings. The highest BCUT2D eigenvalue weighted by molar-refractivity contribution is 5.88. The van der Waals surface area contributed by atoms with Crippen LogP contribution in [0.2, 0.25) is 0 Å². The van der Waals surface area contributed by atoms with Crippen molar-refractivity contribution in [1.29, 1.82) is 0 Å². The van der Waals surface area contributed by atoms with Gasteiger partial charge in [0, 0.05) is 5.39 Å². The number of hydrogen-bond donors (Lipinski definition) is 2. The molecular weight excluding hydrogens is 178 g/mol. The maximum Gasteiger partial charge on any atom is 0.141 e. The number of pyridine rings is 1. The minimum absolute atomic E-state index is 0.162. The molecule has 1 aromatic carbocycles. The predicted octanol–water partition coefficient (Wildman–Crippen LogP) is 1.23. The summed E-state index contributed by atoms with van der Waals surface area (Å²) >= 11 is 0. The quantitative estimate of drug-likeness (QED) is 0.400. The fourth-order valence-electron chi connectivity index (χ4n) is 1.29. The lowest BCUT2D eigenvalue weighted by Crippen LogP contribution is -1.91. The monoisotopic (exact) mass is 187 g/mol. The number of hydrazone groups is 1. The molecule has 14 heavy (non-hydrogen) atoms. The highest BCUT2D eigenvalue weighted by Gasteiger charge is 2.00. The van der Waals surface area contributed by atoms with Crippen LogP contribution >= 0.6 is 0 Å². The molecule has 4 nitrogen and oxygen atoms in total. The van der Waals surface area contributed by atoms with Crippen LogP contribution in [-0.4, -0.2) is 16.3 Å². The van der Waals surface area contributed by atoms with Crippen molar-refractivity contribution < 1.29 is 5.11 Å². The summed E-state index contributed by atoms with van der Waals surface area (Å²) in [5.41, 5.74) is 1.19. The molecule has 0 saturated carbocycles. The van der Waals surface area contributed by atoms with E-state index in [-0.39, 0.29) is 5.75 Å². The second-order valence-corrected chi connectivity index (χ2v) is 2.86. The van der Waals surface area contributed by atoms with Crippen molar-refractivity contribution >= 4 is 17.1 Å². The van der Waals surface area contributed by atoms with Gasteiger partial charge in [0.15, 0.2) is 0 Å². The number of nitrogens with two attached hydrogens (primary N) is 1. The Kier molecular flexibility index (Phi) is 2.02. The SMILES string of the molecule is NN=Cc1ccc2cccc(O)c2n1. The number of nitrogens with zero attached hydrogens (tertiary/aromatic N) is 2. The van der Waals surface area contributed by atoms with Crippen molar-refractivity contribution in [2.75, 3.05) is 0 Å². The van der Waals surface area contributed by atoms with Crippen LogP contribution in [0.4, 0.5) is 0 Å². The van der Waals surface area contributed by atoms with Crippen molar-refractivity contribution in [2.45, 2.75) is 0 Å². The summed E-state index contributed by atoms with van der Waals surface area (Å²) in [7, 11) is 0. The summed E-state index contributed by atoms with van der Waals surface area (Å²) in [5, 5.41) is 13.8. The zero-order valence-corrected chi connectivity index (χ0v) is 7.38. The highest BCUT2D eigenvalue weighted by Crippen LogP contribution is 2.21. The minimum atomic E-state index is 0.162. The van der Waals surface area contributed by atoms with E-state index in [1.54, 1.807) is 18.2 Å². The Labute approximate surface area is 80.7 Å². The molecular formula is C10H9N3O. The molecule has 0 spiro atoms. The summed E-state index contributed by atoms with van der Waals surface area (Å²) in [5.74, 6) is 5.17. The van der Waals surface area contributed by atoms with Gasteiger partial charge in [-0.25, -0.2) is 4.98 Å². The van der Waals surface area contributed by atoms with E-state index in [2.05, 4.69) is 10.1 Å². The molecule has 0 radical (unpaired) electrons. The molecule has 2 rings (SSSR count). The molecule has 0 fully saturated rings. The van der Waals surface area contributed by atoms with Crippen molar-refractivity contribution in [1.82, 2.24) is 4.98 Å². The van der Waals surface area contributed by atoms with Gasteiger partial charge in [-0.3, -0.25) is 0 Å². The number of phenols is 1. The van der Waals surface area contributed by atoms with E-state index in [4.69, 9.17) is 5.84 Å². The number of aromatic hydroxyl groups is 1. The van der Waals surface area contributed by atoms with E-state index in [1.165, 1.54) is 6.21 Å². The van der Waals surface area contributed by atoms with Crippen LogP contribution in [0.25, 0.3) is 10.9 Å². The normalized spacial score (nSPS) is 11.1. The van der Waals surface area contributed by atoms with Crippen LogP contribution in [0.3, 0.4) is 0 Å². The average molecular weight is 187 g/mol. The van der Waals surface area contributed by atoms with Crippen molar-refractivity contribution in [3.8, 4) is 5.75 Å². The molecule has 0 amide bonds. The van der Waals surface area contributed by atoms with Crippen LogP contribution in [-0.2, 0) is 0 Å².